The van der Waals surface area contributed by atoms with Crippen LogP contribution in [0.15, 0.2) is 23.4 Å². The van der Waals surface area contributed by atoms with Gasteiger partial charge in [0.1, 0.15) is 11.5 Å². The van der Waals surface area contributed by atoms with Crippen molar-refractivity contribution in [3.05, 3.63) is 34.8 Å². The van der Waals surface area contributed by atoms with Crippen LogP contribution < -0.4 is 16.6 Å². The molecule has 7 heteroatoms. The predicted octanol–water partition coefficient (Wildman–Crippen LogP) is -0.313. The third kappa shape index (κ3) is 2.13. The number of hydrogen-bond acceptors (Lipinski definition) is 5. The first kappa shape index (κ1) is 9.25. The summed E-state index contributed by atoms with van der Waals surface area (Å²) in [4.78, 5) is 24.4. The Morgan fingerprint density at radius 3 is 3.00 bits per heavy atom. The Balaban J connectivity index is 2.06. The molecule has 0 fully saturated rings. The van der Waals surface area contributed by atoms with Gasteiger partial charge >= 0.3 is 0 Å². The van der Waals surface area contributed by atoms with Gasteiger partial charge in [0, 0.05) is 12.4 Å². The molecule has 5 N–H and O–H groups in total. The molecule has 0 aromatic carbocycles. The first-order chi connectivity index (χ1) is 7.25. The van der Waals surface area contributed by atoms with E-state index in [1.807, 2.05) is 0 Å². The van der Waals surface area contributed by atoms with Crippen molar-refractivity contribution < 1.29 is 0 Å². The number of hydrogen-bond donors (Lipinski definition) is 4. The van der Waals surface area contributed by atoms with E-state index in [-0.39, 0.29) is 11.2 Å². The Labute approximate surface area is 84.8 Å². The molecule has 0 spiro atoms. The van der Waals surface area contributed by atoms with Crippen LogP contribution in [0.4, 0.5) is 11.6 Å². The van der Waals surface area contributed by atoms with E-state index >= 15 is 0 Å². The minimum Gasteiger partial charge on any atom is -0.393 e. The average Bonchev–Trinajstić information content (AvgIpc) is 2.73. The Kier molecular flexibility index (Phi) is 2.36. The van der Waals surface area contributed by atoms with Gasteiger partial charge in [-0.3, -0.25) is 9.78 Å². The molecule has 0 saturated heterocycles. The molecule has 0 unspecified atom stereocenters. The fourth-order valence-electron chi connectivity index (χ4n) is 1.06. The van der Waals surface area contributed by atoms with E-state index in [1.165, 1.54) is 6.20 Å². The summed E-state index contributed by atoms with van der Waals surface area (Å²) in [5.41, 5.74) is 5.07. The Hall–Kier alpha value is -2.31. The van der Waals surface area contributed by atoms with E-state index in [1.54, 1.807) is 12.4 Å². The normalized spacial score (nSPS) is 10.1. The van der Waals surface area contributed by atoms with E-state index < -0.39 is 0 Å². The summed E-state index contributed by atoms with van der Waals surface area (Å²) >= 11 is 0. The first-order valence-electron chi connectivity index (χ1n) is 4.32. The number of aromatic amines is 2. The maximum atomic E-state index is 11.1. The zero-order chi connectivity index (χ0) is 10.7. The lowest BCUT2D eigenvalue weighted by Gasteiger charge is -2.02. The molecule has 2 heterocycles. The topological polar surface area (TPSA) is 112 Å². The van der Waals surface area contributed by atoms with Crippen molar-refractivity contribution >= 4 is 11.6 Å². The summed E-state index contributed by atoms with van der Waals surface area (Å²) in [5, 5.41) is 2.90. The van der Waals surface area contributed by atoms with Gasteiger partial charge in [-0.1, -0.05) is 0 Å². The highest BCUT2D eigenvalue weighted by Gasteiger charge is 1.99. The van der Waals surface area contributed by atoms with Gasteiger partial charge in [0.15, 0.2) is 0 Å². The van der Waals surface area contributed by atoms with Gasteiger partial charge < -0.3 is 16.0 Å². The maximum Gasteiger partial charge on any atom is 0.275 e. The quantitative estimate of drug-likeness (QED) is 0.550. The van der Waals surface area contributed by atoms with Crippen molar-refractivity contribution in [1.82, 2.24) is 19.9 Å². The lowest BCUT2D eigenvalue weighted by molar-refractivity contribution is 0.963. The number of aromatic nitrogens is 4. The summed E-state index contributed by atoms with van der Waals surface area (Å²) in [7, 11) is 0. The van der Waals surface area contributed by atoms with Crippen molar-refractivity contribution in [2.24, 2.45) is 0 Å². The summed E-state index contributed by atoms with van der Waals surface area (Å²) in [6.07, 6.45) is 4.68. The van der Waals surface area contributed by atoms with Gasteiger partial charge in [0.25, 0.3) is 5.56 Å². The number of nitrogen functional groups attached to an aromatic ring is 1. The molecule has 0 saturated carbocycles. The SMILES string of the molecule is Nc1cnc(NCc2ncc[nH]2)[nH]c1=O. The number of rotatable bonds is 3. The molecule has 2 rings (SSSR count). The molecular formula is C8H10N6O. The van der Waals surface area contributed by atoms with Crippen LogP contribution in [-0.4, -0.2) is 19.9 Å². The summed E-state index contributed by atoms with van der Waals surface area (Å²) in [6.45, 7) is 0.458. The van der Waals surface area contributed by atoms with Crippen LogP contribution in [0.3, 0.4) is 0 Å². The minimum atomic E-state index is -0.355. The van der Waals surface area contributed by atoms with Crippen molar-refractivity contribution in [3.8, 4) is 0 Å². The molecule has 0 aliphatic rings. The average molecular weight is 206 g/mol. The monoisotopic (exact) mass is 206 g/mol. The van der Waals surface area contributed by atoms with E-state index in [2.05, 4.69) is 25.3 Å². The lowest BCUT2D eigenvalue weighted by Crippen LogP contribution is -2.15. The van der Waals surface area contributed by atoms with Gasteiger partial charge in [-0.2, -0.15) is 0 Å². The van der Waals surface area contributed by atoms with Crippen LogP contribution in [0.1, 0.15) is 5.82 Å². The van der Waals surface area contributed by atoms with Gasteiger partial charge in [-0.05, 0) is 0 Å². The van der Waals surface area contributed by atoms with E-state index in [0.29, 0.717) is 12.5 Å². The van der Waals surface area contributed by atoms with Crippen molar-refractivity contribution in [3.63, 3.8) is 0 Å². The molecule has 2 aromatic heterocycles. The molecule has 0 bridgehead atoms. The highest BCUT2D eigenvalue weighted by Crippen LogP contribution is 1.97. The Morgan fingerprint density at radius 2 is 2.33 bits per heavy atom. The van der Waals surface area contributed by atoms with E-state index in [0.717, 1.165) is 5.82 Å². The van der Waals surface area contributed by atoms with Crippen LogP contribution in [0.5, 0.6) is 0 Å². The van der Waals surface area contributed by atoms with Gasteiger partial charge in [-0.25, -0.2) is 9.97 Å². The highest BCUT2D eigenvalue weighted by molar-refractivity contribution is 5.35. The third-order valence-electron chi connectivity index (χ3n) is 1.80. The van der Waals surface area contributed by atoms with Crippen LogP contribution >= 0.6 is 0 Å². The highest BCUT2D eigenvalue weighted by atomic mass is 16.1. The molecule has 0 amide bonds. The zero-order valence-corrected chi connectivity index (χ0v) is 7.82. The molecule has 15 heavy (non-hydrogen) atoms. The lowest BCUT2D eigenvalue weighted by atomic mass is 10.5. The number of H-pyrrole nitrogens is 2. The number of anilines is 2. The van der Waals surface area contributed by atoms with Crippen LogP contribution in [0, 0.1) is 0 Å². The molecule has 0 atom stereocenters. The van der Waals surface area contributed by atoms with Gasteiger partial charge in [0.2, 0.25) is 5.95 Å². The van der Waals surface area contributed by atoms with E-state index in [9.17, 15) is 4.79 Å². The zero-order valence-electron chi connectivity index (χ0n) is 7.82. The van der Waals surface area contributed by atoms with Crippen molar-refractivity contribution in [2.75, 3.05) is 11.1 Å². The molecular weight excluding hydrogens is 196 g/mol. The predicted molar refractivity (Wildman–Crippen MR) is 55.2 cm³/mol. The standard InChI is InChI=1S/C8H10N6O/c9-5-3-12-8(14-7(5)15)13-4-6-10-1-2-11-6/h1-3H,4,9H2,(H,10,11)(H2,12,13,14,15). The second-order valence-corrected chi connectivity index (χ2v) is 2.91. The molecule has 0 aliphatic heterocycles. The Bertz CT molecular complexity index is 488. The van der Waals surface area contributed by atoms with Crippen molar-refractivity contribution in [1.29, 1.82) is 0 Å². The summed E-state index contributed by atoms with van der Waals surface area (Å²) in [6, 6.07) is 0. The van der Waals surface area contributed by atoms with E-state index in [4.69, 9.17) is 5.73 Å². The number of imidazole rings is 1. The third-order valence-corrected chi connectivity index (χ3v) is 1.80. The molecule has 0 radical (unpaired) electrons. The summed E-state index contributed by atoms with van der Waals surface area (Å²) < 4.78 is 0. The van der Waals surface area contributed by atoms with Crippen molar-refractivity contribution in [2.45, 2.75) is 6.54 Å². The number of nitrogens with zero attached hydrogens (tertiary/aromatic N) is 2. The second kappa shape index (κ2) is 3.82. The fourth-order valence-corrected chi connectivity index (χ4v) is 1.06. The minimum absolute atomic E-state index is 0.0959. The molecule has 2 aromatic rings. The molecule has 0 aliphatic carbocycles. The largest absolute Gasteiger partial charge is 0.393 e. The molecule has 78 valence electrons. The fraction of sp³-hybridized carbons (Fsp3) is 0.125. The van der Waals surface area contributed by atoms with Gasteiger partial charge in [-0.15, -0.1) is 0 Å². The van der Waals surface area contributed by atoms with Crippen LogP contribution in [-0.2, 0) is 6.54 Å². The second-order valence-electron chi connectivity index (χ2n) is 2.91. The smallest absolute Gasteiger partial charge is 0.275 e. The maximum absolute atomic E-state index is 11.1. The molecule has 7 nitrogen and oxygen atoms in total. The summed E-state index contributed by atoms with van der Waals surface area (Å²) in [5.74, 6) is 1.13. The van der Waals surface area contributed by atoms with Crippen LogP contribution in [0.2, 0.25) is 0 Å². The Morgan fingerprint density at radius 1 is 1.47 bits per heavy atom. The number of nitrogens with two attached hydrogens (primary N) is 1. The van der Waals surface area contributed by atoms with Crippen LogP contribution in [0.25, 0.3) is 0 Å². The first-order valence-corrected chi connectivity index (χ1v) is 4.32. The van der Waals surface area contributed by atoms with Gasteiger partial charge in [0.05, 0.1) is 12.7 Å². The number of nitrogens with one attached hydrogen (secondary N) is 3.